The number of carbonyl (C=O) groups excluding carboxylic acids is 1. The zero-order valence-corrected chi connectivity index (χ0v) is 14.0. The maximum atomic E-state index is 11.4. The number of ether oxygens (including phenoxy) is 2. The van der Waals surface area contributed by atoms with Crippen molar-refractivity contribution in [3.8, 4) is 17.1 Å². The lowest BCUT2D eigenvalue weighted by molar-refractivity contribution is 0.0600. The van der Waals surface area contributed by atoms with Crippen molar-refractivity contribution < 1.29 is 19.4 Å². The van der Waals surface area contributed by atoms with E-state index in [4.69, 9.17) is 4.74 Å². The number of aliphatic hydroxyl groups is 1. The molecule has 9 heteroatoms. The number of tetrazole rings is 1. The molecule has 26 heavy (non-hydrogen) atoms. The molecule has 0 bridgehead atoms. The van der Waals surface area contributed by atoms with Gasteiger partial charge < -0.3 is 14.6 Å². The lowest BCUT2D eigenvalue weighted by Gasteiger charge is -2.11. The van der Waals surface area contributed by atoms with Gasteiger partial charge in [0, 0.05) is 18.0 Å². The van der Waals surface area contributed by atoms with E-state index in [2.05, 4.69) is 25.1 Å². The number of nitrogens with zero attached hydrogens (tertiary/aromatic N) is 5. The minimum atomic E-state index is -0.828. The van der Waals surface area contributed by atoms with Crippen molar-refractivity contribution in [3.63, 3.8) is 0 Å². The fraction of sp³-hybridized carbons (Fsp3) is 0.235. The van der Waals surface area contributed by atoms with E-state index in [0.717, 1.165) is 5.56 Å². The fourth-order valence-corrected chi connectivity index (χ4v) is 2.17. The van der Waals surface area contributed by atoms with Crippen LogP contribution in [0, 0.1) is 0 Å². The van der Waals surface area contributed by atoms with Crippen molar-refractivity contribution in [3.05, 3.63) is 54.4 Å². The predicted octanol–water partition coefficient (Wildman–Crippen LogP) is 0.962. The molecule has 0 saturated heterocycles. The van der Waals surface area contributed by atoms with Gasteiger partial charge in [-0.15, -0.1) is 10.2 Å². The van der Waals surface area contributed by atoms with Crippen LogP contribution in [0.1, 0.15) is 10.4 Å². The number of hydrogen-bond donors (Lipinski definition) is 1. The van der Waals surface area contributed by atoms with Crippen LogP contribution in [0.5, 0.6) is 5.75 Å². The van der Waals surface area contributed by atoms with Crippen molar-refractivity contribution in [1.29, 1.82) is 0 Å². The molecule has 0 spiro atoms. The maximum absolute atomic E-state index is 11.4. The molecule has 1 atom stereocenters. The summed E-state index contributed by atoms with van der Waals surface area (Å²) in [6.07, 6.45) is 2.47. The molecule has 0 aliphatic heterocycles. The van der Waals surface area contributed by atoms with E-state index in [1.54, 1.807) is 42.7 Å². The minimum Gasteiger partial charge on any atom is -0.491 e. The first-order valence-electron chi connectivity index (χ1n) is 7.83. The standard InChI is InChI=1S/C17H17N5O4/c1-25-17(24)12-4-6-15(7-5-12)26-11-14(23)10-22-20-16(19-21-22)13-3-2-8-18-9-13/h2-9,14,23H,10-11H2,1H3/t14-/m0/s1. The van der Waals surface area contributed by atoms with Crippen LogP contribution in [-0.4, -0.2) is 56.1 Å². The summed E-state index contributed by atoms with van der Waals surface area (Å²) in [5.74, 6) is 0.544. The number of hydrogen-bond acceptors (Lipinski definition) is 8. The largest absolute Gasteiger partial charge is 0.491 e. The molecule has 1 N–H and O–H groups in total. The number of aliphatic hydroxyl groups excluding tert-OH is 1. The van der Waals surface area contributed by atoms with Crippen molar-refractivity contribution >= 4 is 5.97 Å². The third kappa shape index (κ3) is 4.39. The second-order valence-electron chi connectivity index (χ2n) is 5.39. The van der Waals surface area contributed by atoms with Crippen LogP contribution in [0.2, 0.25) is 0 Å². The summed E-state index contributed by atoms with van der Waals surface area (Å²) in [5, 5.41) is 22.1. The molecule has 0 aliphatic carbocycles. The fourth-order valence-electron chi connectivity index (χ4n) is 2.17. The number of benzene rings is 1. The number of aromatic nitrogens is 5. The molecule has 3 rings (SSSR count). The van der Waals surface area contributed by atoms with Crippen LogP contribution in [-0.2, 0) is 11.3 Å². The van der Waals surface area contributed by atoms with E-state index < -0.39 is 12.1 Å². The molecule has 3 aromatic rings. The Labute approximate surface area is 149 Å². The highest BCUT2D eigenvalue weighted by Gasteiger charge is 2.12. The first-order chi connectivity index (χ1) is 12.7. The molecule has 0 saturated carbocycles. The SMILES string of the molecule is COC(=O)c1ccc(OC[C@@H](O)Cn2nnc(-c3cccnc3)n2)cc1. The Hall–Kier alpha value is -3.33. The number of pyridine rings is 1. The third-order valence-electron chi connectivity index (χ3n) is 3.46. The molecule has 2 heterocycles. The molecule has 134 valence electrons. The Bertz CT molecular complexity index is 851. The van der Waals surface area contributed by atoms with E-state index in [0.29, 0.717) is 17.1 Å². The van der Waals surface area contributed by atoms with E-state index in [9.17, 15) is 9.90 Å². The lowest BCUT2D eigenvalue weighted by atomic mass is 10.2. The predicted molar refractivity (Wildman–Crippen MR) is 90.3 cm³/mol. The van der Waals surface area contributed by atoms with Gasteiger partial charge in [0.2, 0.25) is 5.82 Å². The summed E-state index contributed by atoms with van der Waals surface area (Å²) in [6, 6.07) is 10.1. The van der Waals surface area contributed by atoms with Crippen LogP contribution in [0.15, 0.2) is 48.8 Å². The van der Waals surface area contributed by atoms with Gasteiger partial charge in [-0.25, -0.2) is 4.79 Å². The van der Waals surface area contributed by atoms with Crippen LogP contribution in [0.3, 0.4) is 0 Å². The number of carbonyl (C=O) groups is 1. The first-order valence-corrected chi connectivity index (χ1v) is 7.83. The average molecular weight is 355 g/mol. The minimum absolute atomic E-state index is 0.0430. The maximum Gasteiger partial charge on any atom is 0.337 e. The molecular formula is C17H17N5O4. The Kier molecular flexibility index (Phi) is 5.49. The zero-order chi connectivity index (χ0) is 18.4. The molecule has 9 nitrogen and oxygen atoms in total. The smallest absolute Gasteiger partial charge is 0.337 e. The highest BCUT2D eigenvalue weighted by molar-refractivity contribution is 5.89. The van der Waals surface area contributed by atoms with Gasteiger partial charge in [0.15, 0.2) is 0 Å². The van der Waals surface area contributed by atoms with Gasteiger partial charge in [-0.1, -0.05) is 0 Å². The van der Waals surface area contributed by atoms with E-state index in [1.165, 1.54) is 11.9 Å². The van der Waals surface area contributed by atoms with E-state index in [1.807, 2.05) is 6.07 Å². The Morgan fingerprint density at radius 1 is 1.27 bits per heavy atom. The molecule has 2 aromatic heterocycles. The molecule has 1 aromatic carbocycles. The van der Waals surface area contributed by atoms with Crippen LogP contribution in [0.4, 0.5) is 0 Å². The quantitative estimate of drug-likeness (QED) is 0.624. The third-order valence-corrected chi connectivity index (χ3v) is 3.46. The Morgan fingerprint density at radius 3 is 2.77 bits per heavy atom. The topological polar surface area (TPSA) is 112 Å². The molecular weight excluding hydrogens is 338 g/mol. The summed E-state index contributed by atoms with van der Waals surface area (Å²) in [5.41, 5.74) is 1.17. The molecule has 0 radical (unpaired) electrons. The molecule has 0 aliphatic rings. The van der Waals surface area contributed by atoms with Gasteiger partial charge in [-0.2, -0.15) is 4.80 Å². The molecule has 0 unspecified atom stereocenters. The summed E-state index contributed by atoms with van der Waals surface area (Å²) in [6.45, 7) is 0.175. The van der Waals surface area contributed by atoms with Crippen LogP contribution < -0.4 is 4.74 Å². The van der Waals surface area contributed by atoms with Crippen LogP contribution >= 0.6 is 0 Å². The first kappa shape index (κ1) is 17.5. The van der Waals surface area contributed by atoms with Gasteiger partial charge in [0.1, 0.15) is 18.5 Å². The van der Waals surface area contributed by atoms with Crippen LogP contribution in [0.25, 0.3) is 11.4 Å². The molecule has 0 fully saturated rings. The highest BCUT2D eigenvalue weighted by Crippen LogP contribution is 2.14. The van der Waals surface area contributed by atoms with E-state index >= 15 is 0 Å². The monoisotopic (exact) mass is 355 g/mol. The summed E-state index contributed by atoms with van der Waals surface area (Å²) < 4.78 is 10.1. The lowest BCUT2D eigenvalue weighted by Crippen LogP contribution is -2.25. The van der Waals surface area contributed by atoms with Gasteiger partial charge in [-0.05, 0) is 41.6 Å². The Morgan fingerprint density at radius 2 is 2.08 bits per heavy atom. The average Bonchev–Trinajstić information content (AvgIpc) is 3.15. The van der Waals surface area contributed by atoms with Crippen molar-refractivity contribution in [1.82, 2.24) is 25.2 Å². The summed E-state index contributed by atoms with van der Waals surface area (Å²) in [4.78, 5) is 16.7. The number of methoxy groups -OCH3 is 1. The van der Waals surface area contributed by atoms with E-state index in [-0.39, 0.29) is 13.2 Å². The summed E-state index contributed by atoms with van der Waals surface area (Å²) >= 11 is 0. The van der Waals surface area contributed by atoms with Gasteiger partial charge in [-0.3, -0.25) is 4.98 Å². The van der Waals surface area contributed by atoms with Crippen molar-refractivity contribution in [2.24, 2.45) is 0 Å². The highest BCUT2D eigenvalue weighted by atomic mass is 16.5. The Balaban J connectivity index is 1.52. The number of rotatable bonds is 7. The zero-order valence-electron chi connectivity index (χ0n) is 14.0. The van der Waals surface area contributed by atoms with Gasteiger partial charge in [0.05, 0.1) is 19.2 Å². The normalized spacial score (nSPS) is 11.8. The number of esters is 1. The van der Waals surface area contributed by atoms with Crippen molar-refractivity contribution in [2.75, 3.05) is 13.7 Å². The van der Waals surface area contributed by atoms with Gasteiger partial charge >= 0.3 is 5.97 Å². The van der Waals surface area contributed by atoms with Crippen molar-refractivity contribution in [2.45, 2.75) is 12.6 Å². The summed E-state index contributed by atoms with van der Waals surface area (Å²) in [7, 11) is 1.32. The van der Waals surface area contributed by atoms with Gasteiger partial charge in [0.25, 0.3) is 0 Å². The molecule has 0 amide bonds. The second-order valence-corrected chi connectivity index (χ2v) is 5.39. The second kappa shape index (κ2) is 8.17.